The molecule has 0 aromatic heterocycles. The maximum Gasteiger partial charge on any atom is 0.325 e. The number of hydrogen-bond acceptors (Lipinski definition) is 3. The van der Waals surface area contributed by atoms with E-state index >= 15 is 0 Å². The average Bonchev–Trinajstić information content (AvgIpc) is 2.93. The van der Waals surface area contributed by atoms with E-state index in [1.807, 2.05) is 31.2 Å². The number of imide groups is 1. The molecule has 0 radical (unpaired) electrons. The molecule has 0 saturated carbocycles. The van der Waals surface area contributed by atoms with Crippen molar-refractivity contribution in [3.8, 4) is 5.75 Å². The fourth-order valence-electron chi connectivity index (χ4n) is 3.48. The molecular weight excluding hydrogens is 340 g/mol. The molecule has 0 aliphatic carbocycles. The molecule has 1 fully saturated rings. The number of nitrogens with one attached hydrogen (secondary N) is 1. The standard InChI is InChI=1S/C22H26N2O3/c1-5-22(18-10-12-19(27-4)13-11-18)20(25)24(21(26)23-22)14-16-6-8-17(9-7-16)15(2)3/h6-13,15H,5,14H2,1-4H3,(H,23,26)/t22-/m1/s1. The molecule has 2 aromatic rings. The van der Waals surface area contributed by atoms with E-state index in [0.29, 0.717) is 18.1 Å². The first-order valence-corrected chi connectivity index (χ1v) is 9.28. The first-order valence-electron chi connectivity index (χ1n) is 9.28. The first-order chi connectivity index (χ1) is 12.9. The number of nitrogens with zero attached hydrogens (tertiary/aromatic N) is 1. The van der Waals surface area contributed by atoms with Gasteiger partial charge in [-0.2, -0.15) is 0 Å². The van der Waals surface area contributed by atoms with Crippen LogP contribution in [0.2, 0.25) is 0 Å². The molecule has 27 heavy (non-hydrogen) atoms. The van der Waals surface area contributed by atoms with Crippen LogP contribution in [0.3, 0.4) is 0 Å². The zero-order valence-corrected chi connectivity index (χ0v) is 16.3. The van der Waals surface area contributed by atoms with Crippen LogP contribution in [0.1, 0.15) is 49.8 Å². The Morgan fingerprint density at radius 2 is 1.67 bits per heavy atom. The summed E-state index contributed by atoms with van der Waals surface area (Å²) in [6, 6.07) is 15.0. The molecule has 2 aromatic carbocycles. The number of amides is 3. The van der Waals surface area contributed by atoms with Gasteiger partial charge in [0.1, 0.15) is 11.3 Å². The average molecular weight is 366 g/mol. The lowest BCUT2D eigenvalue weighted by Crippen LogP contribution is -2.43. The molecule has 142 valence electrons. The van der Waals surface area contributed by atoms with Crippen molar-refractivity contribution in [3.63, 3.8) is 0 Å². The summed E-state index contributed by atoms with van der Waals surface area (Å²) in [4.78, 5) is 27.1. The Labute approximate surface area is 160 Å². The number of carbonyl (C=O) groups is 2. The predicted molar refractivity (Wildman–Crippen MR) is 105 cm³/mol. The molecule has 1 aliphatic rings. The molecule has 1 atom stereocenters. The summed E-state index contributed by atoms with van der Waals surface area (Å²) in [6.45, 7) is 6.44. The Hall–Kier alpha value is -2.82. The van der Waals surface area contributed by atoms with Crippen molar-refractivity contribution in [1.29, 1.82) is 0 Å². The molecule has 3 amide bonds. The van der Waals surface area contributed by atoms with Crippen LogP contribution in [0, 0.1) is 0 Å². The van der Waals surface area contributed by atoms with Crippen molar-refractivity contribution in [1.82, 2.24) is 10.2 Å². The lowest BCUT2D eigenvalue weighted by Gasteiger charge is -2.26. The maximum atomic E-state index is 13.2. The minimum absolute atomic E-state index is 0.215. The van der Waals surface area contributed by atoms with E-state index in [4.69, 9.17) is 4.74 Å². The molecule has 1 N–H and O–H groups in total. The topological polar surface area (TPSA) is 58.6 Å². The molecule has 0 bridgehead atoms. The van der Waals surface area contributed by atoms with E-state index < -0.39 is 5.54 Å². The number of urea groups is 1. The highest BCUT2D eigenvalue weighted by molar-refractivity contribution is 6.07. The van der Waals surface area contributed by atoms with Crippen molar-refractivity contribution < 1.29 is 14.3 Å². The summed E-state index contributed by atoms with van der Waals surface area (Å²) >= 11 is 0. The van der Waals surface area contributed by atoms with Gasteiger partial charge in [0, 0.05) is 0 Å². The number of rotatable bonds is 6. The molecule has 1 aliphatic heterocycles. The van der Waals surface area contributed by atoms with Crippen molar-refractivity contribution in [3.05, 3.63) is 65.2 Å². The minimum Gasteiger partial charge on any atom is -0.497 e. The van der Waals surface area contributed by atoms with Crippen LogP contribution < -0.4 is 10.1 Å². The Morgan fingerprint density at radius 3 is 2.19 bits per heavy atom. The van der Waals surface area contributed by atoms with Crippen molar-refractivity contribution in [2.24, 2.45) is 0 Å². The third kappa shape index (κ3) is 3.42. The Kier molecular flexibility index (Phi) is 5.22. The molecule has 0 unspecified atom stereocenters. The molecule has 5 nitrogen and oxygen atoms in total. The van der Waals surface area contributed by atoms with Crippen LogP contribution in [-0.4, -0.2) is 23.9 Å². The van der Waals surface area contributed by atoms with Crippen molar-refractivity contribution >= 4 is 11.9 Å². The lowest BCUT2D eigenvalue weighted by molar-refractivity contribution is -0.132. The summed E-state index contributed by atoms with van der Waals surface area (Å²) in [5.74, 6) is 0.940. The Morgan fingerprint density at radius 1 is 1.04 bits per heavy atom. The molecule has 5 heteroatoms. The summed E-state index contributed by atoms with van der Waals surface area (Å²) in [6.07, 6.45) is 0.479. The highest BCUT2D eigenvalue weighted by atomic mass is 16.5. The molecule has 0 spiro atoms. The monoisotopic (exact) mass is 366 g/mol. The van der Waals surface area contributed by atoms with Gasteiger partial charge in [0.05, 0.1) is 13.7 Å². The largest absolute Gasteiger partial charge is 0.497 e. The summed E-state index contributed by atoms with van der Waals surface area (Å²) < 4.78 is 5.19. The maximum absolute atomic E-state index is 13.2. The number of hydrogen-bond donors (Lipinski definition) is 1. The third-order valence-corrected chi connectivity index (χ3v) is 5.28. The van der Waals surface area contributed by atoms with Gasteiger partial charge in [-0.05, 0) is 41.2 Å². The predicted octanol–water partition coefficient (Wildman–Crippen LogP) is 4.18. The van der Waals surface area contributed by atoms with Gasteiger partial charge >= 0.3 is 6.03 Å². The van der Waals surface area contributed by atoms with Gasteiger partial charge in [0.2, 0.25) is 0 Å². The number of benzene rings is 2. The molecule has 1 heterocycles. The summed E-state index contributed by atoms with van der Waals surface area (Å²) in [5, 5.41) is 2.92. The van der Waals surface area contributed by atoms with E-state index in [0.717, 1.165) is 11.1 Å². The summed E-state index contributed by atoms with van der Waals surface area (Å²) in [7, 11) is 1.60. The first kappa shape index (κ1) is 19.0. The highest BCUT2D eigenvalue weighted by Crippen LogP contribution is 2.34. The van der Waals surface area contributed by atoms with Crippen molar-refractivity contribution in [2.45, 2.75) is 45.2 Å². The molecule has 3 rings (SSSR count). The van der Waals surface area contributed by atoms with Crippen LogP contribution in [-0.2, 0) is 16.9 Å². The molecule has 1 saturated heterocycles. The SMILES string of the molecule is CC[C@]1(c2ccc(OC)cc2)NC(=O)N(Cc2ccc(C(C)C)cc2)C1=O. The smallest absolute Gasteiger partial charge is 0.325 e. The number of ether oxygens (including phenoxy) is 1. The van der Waals surface area contributed by atoms with Crippen molar-refractivity contribution in [2.75, 3.05) is 7.11 Å². The fraction of sp³-hybridized carbons (Fsp3) is 0.364. The zero-order valence-electron chi connectivity index (χ0n) is 16.3. The van der Waals surface area contributed by atoms with Crippen LogP contribution in [0.5, 0.6) is 5.75 Å². The van der Waals surface area contributed by atoms with Crippen LogP contribution in [0.4, 0.5) is 4.79 Å². The van der Waals surface area contributed by atoms with E-state index in [-0.39, 0.29) is 18.5 Å². The zero-order chi connectivity index (χ0) is 19.6. The van der Waals surface area contributed by atoms with E-state index in [9.17, 15) is 9.59 Å². The highest BCUT2D eigenvalue weighted by Gasteiger charge is 2.51. The Balaban J connectivity index is 1.86. The van der Waals surface area contributed by atoms with Gasteiger partial charge < -0.3 is 10.1 Å². The second kappa shape index (κ2) is 7.43. The van der Waals surface area contributed by atoms with Gasteiger partial charge in [-0.15, -0.1) is 0 Å². The van der Waals surface area contributed by atoms with E-state index in [2.05, 4.69) is 31.3 Å². The van der Waals surface area contributed by atoms with Gasteiger partial charge in [-0.3, -0.25) is 9.69 Å². The number of carbonyl (C=O) groups excluding carboxylic acids is 2. The second-order valence-electron chi connectivity index (χ2n) is 7.21. The molecular formula is C22H26N2O3. The number of methoxy groups -OCH3 is 1. The van der Waals surface area contributed by atoms with E-state index in [1.165, 1.54) is 10.5 Å². The lowest BCUT2D eigenvalue weighted by atomic mass is 9.87. The van der Waals surface area contributed by atoms with Crippen LogP contribution >= 0.6 is 0 Å². The van der Waals surface area contributed by atoms with E-state index in [1.54, 1.807) is 19.2 Å². The third-order valence-electron chi connectivity index (χ3n) is 5.28. The van der Waals surface area contributed by atoms with Crippen LogP contribution in [0.25, 0.3) is 0 Å². The van der Waals surface area contributed by atoms with Gasteiger partial charge in [-0.1, -0.05) is 57.2 Å². The second-order valence-corrected chi connectivity index (χ2v) is 7.21. The van der Waals surface area contributed by atoms with Gasteiger partial charge in [-0.25, -0.2) is 4.79 Å². The quantitative estimate of drug-likeness (QED) is 0.781. The van der Waals surface area contributed by atoms with Gasteiger partial charge in [0.15, 0.2) is 0 Å². The fourth-order valence-corrected chi connectivity index (χ4v) is 3.48. The Bertz CT molecular complexity index is 828. The van der Waals surface area contributed by atoms with Gasteiger partial charge in [0.25, 0.3) is 5.91 Å². The minimum atomic E-state index is -1.03. The summed E-state index contributed by atoms with van der Waals surface area (Å²) in [5.41, 5.74) is 1.91. The van der Waals surface area contributed by atoms with Crippen LogP contribution in [0.15, 0.2) is 48.5 Å². The normalized spacial score (nSPS) is 19.5.